The number of nitrogens with one attached hydrogen (secondary N) is 2. The predicted molar refractivity (Wildman–Crippen MR) is 107 cm³/mol. The number of ether oxygens (including phenoxy) is 1. The average molecular weight is 425 g/mol. The second kappa shape index (κ2) is 8.82. The number of rotatable bonds is 6. The molecule has 1 atom stereocenters. The first-order valence-corrected chi connectivity index (χ1v) is 8.72. The minimum atomic E-state index is -1.46. The molecule has 0 aromatic heterocycles. The summed E-state index contributed by atoms with van der Waals surface area (Å²) in [6, 6.07) is 9.86. The number of hydrogen-bond acceptors (Lipinski definition) is 8. The molecule has 12 heteroatoms. The Morgan fingerprint density at radius 3 is 2.39 bits per heavy atom. The molecule has 1 fully saturated rings. The highest BCUT2D eigenvalue weighted by atomic mass is 16.6. The van der Waals surface area contributed by atoms with Gasteiger partial charge in [-0.3, -0.25) is 29.8 Å². The van der Waals surface area contributed by atoms with Crippen molar-refractivity contribution in [2.24, 2.45) is 11.0 Å². The molecule has 0 spiro atoms. The van der Waals surface area contributed by atoms with Gasteiger partial charge in [0.15, 0.2) is 5.92 Å². The normalized spacial score (nSPS) is 16.2. The Balaban J connectivity index is 1.71. The van der Waals surface area contributed by atoms with Gasteiger partial charge in [-0.25, -0.2) is 15.1 Å². The number of carbonyl (C=O) groups is 4. The third-order valence-electron chi connectivity index (χ3n) is 4.26. The topological polar surface area (TPSA) is 160 Å². The maximum atomic E-state index is 12.7. The molecular weight excluding hydrogens is 410 g/mol. The van der Waals surface area contributed by atoms with Crippen LogP contribution >= 0.6 is 0 Å². The number of hydrogen-bond donors (Lipinski definition) is 2. The zero-order valence-electron chi connectivity index (χ0n) is 16.0. The van der Waals surface area contributed by atoms with Crippen LogP contribution in [0.15, 0.2) is 53.6 Å². The van der Waals surface area contributed by atoms with Crippen LogP contribution in [0.1, 0.15) is 10.4 Å². The highest BCUT2D eigenvalue weighted by Crippen LogP contribution is 2.23. The minimum absolute atomic E-state index is 0.0807. The van der Waals surface area contributed by atoms with Crippen LogP contribution in [0.3, 0.4) is 0 Å². The first-order valence-electron chi connectivity index (χ1n) is 8.72. The van der Waals surface area contributed by atoms with Gasteiger partial charge in [0.1, 0.15) is 5.75 Å². The quantitative estimate of drug-likeness (QED) is 0.304. The number of methoxy groups -OCH3 is 1. The van der Waals surface area contributed by atoms with E-state index in [0.29, 0.717) is 5.75 Å². The van der Waals surface area contributed by atoms with E-state index in [4.69, 9.17) is 4.74 Å². The van der Waals surface area contributed by atoms with E-state index in [1.807, 2.05) is 0 Å². The molecule has 0 unspecified atom stereocenters. The van der Waals surface area contributed by atoms with Crippen LogP contribution in [-0.4, -0.2) is 42.0 Å². The smallest absolute Gasteiger partial charge is 0.335 e. The number of hydrazone groups is 1. The molecule has 0 bridgehead atoms. The van der Waals surface area contributed by atoms with Gasteiger partial charge in [-0.2, -0.15) is 5.10 Å². The van der Waals surface area contributed by atoms with Crippen LogP contribution in [0, 0.1) is 16.0 Å². The minimum Gasteiger partial charge on any atom is -0.497 e. The van der Waals surface area contributed by atoms with Crippen LogP contribution in [0.4, 0.5) is 16.2 Å². The Morgan fingerprint density at radius 1 is 1.16 bits per heavy atom. The number of amides is 5. The third kappa shape index (κ3) is 4.53. The fourth-order valence-corrected chi connectivity index (χ4v) is 2.67. The summed E-state index contributed by atoms with van der Waals surface area (Å²) in [6.07, 6.45) is 0.893. The number of anilines is 1. The fourth-order valence-electron chi connectivity index (χ4n) is 2.67. The van der Waals surface area contributed by atoms with Gasteiger partial charge >= 0.3 is 6.03 Å². The average Bonchev–Trinajstić information content (AvgIpc) is 2.76. The fraction of sp³-hybridized carbons (Fsp3) is 0.105. The van der Waals surface area contributed by atoms with Gasteiger partial charge in [0.2, 0.25) is 5.91 Å². The summed E-state index contributed by atoms with van der Waals surface area (Å²) in [5, 5.41) is 16.3. The lowest BCUT2D eigenvalue weighted by Gasteiger charge is -2.28. The third-order valence-corrected chi connectivity index (χ3v) is 4.26. The molecule has 1 aliphatic rings. The van der Waals surface area contributed by atoms with Gasteiger partial charge in [-0.05, 0) is 36.4 Å². The Labute approximate surface area is 174 Å². The lowest BCUT2D eigenvalue weighted by atomic mass is 10.1. The van der Waals surface area contributed by atoms with Gasteiger partial charge < -0.3 is 4.74 Å². The number of barbiturate groups is 1. The zero-order valence-corrected chi connectivity index (χ0v) is 16.0. The highest BCUT2D eigenvalue weighted by Gasteiger charge is 2.40. The number of nitro benzene ring substituents is 1. The van der Waals surface area contributed by atoms with Crippen molar-refractivity contribution in [1.29, 1.82) is 0 Å². The Morgan fingerprint density at radius 2 is 1.81 bits per heavy atom. The van der Waals surface area contributed by atoms with Crippen molar-refractivity contribution in [2.45, 2.75) is 0 Å². The Bertz CT molecular complexity index is 1080. The standard InChI is InChI=1S/C19H15N5O7/c1-31-14-8-6-12(7-9-14)23-18(27)15(17(26)21-19(23)28)10-20-22-16(25)11-2-4-13(5-3-11)24(29)30/h2-10,15H,1H3,(H,22,25)(H,21,26,28)/b20-10-/t15-/m0/s1. The van der Waals surface area contributed by atoms with Crippen molar-refractivity contribution in [1.82, 2.24) is 10.7 Å². The summed E-state index contributed by atoms with van der Waals surface area (Å²) in [4.78, 5) is 59.8. The van der Waals surface area contributed by atoms with Crippen molar-refractivity contribution < 1.29 is 28.8 Å². The number of nitro groups is 1. The lowest BCUT2D eigenvalue weighted by Crippen LogP contribution is -2.58. The summed E-state index contributed by atoms with van der Waals surface area (Å²) in [5.41, 5.74) is 2.23. The number of carbonyl (C=O) groups excluding carboxylic acids is 4. The summed E-state index contributed by atoms with van der Waals surface area (Å²) >= 11 is 0. The summed E-state index contributed by atoms with van der Waals surface area (Å²) in [6.45, 7) is 0. The van der Waals surface area contributed by atoms with E-state index in [-0.39, 0.29) is 16.9 Å². The van der Waals surface area contributed by atoms with Crippen LogP contribution in [0.25, 0.3) is 0 Å². The second-order valence-corrected chi connectivity index (χ2v) is 6.17. The Hall–Kier alpha value is -4.61. The van der Waals surface area contributed by atoms with Crippen molar-refractivity contribution in [3.05, 3.63) is 64.2 Å². The predicted octanol–water partition coefficient (Wildman–Crippen LogP) is 1.22. The summed E-state index contributed by atoms with van der Waals surface area (Å²) in [5.74, 6) is -3.41. The van der Waals surface area contributed by atoms with E-state index in [0.717, 1.165) is 23.2 Å². The van der Waals surface area contributed by atoms with Crippen molar-refractivity contribution in [2.75, 3.05) is 12.0 Å². The maximum absolute atomic E-state index is 12.7. The largest absolute Gasteiger partial charge is 0.497 e. The van der Waals surface area contributed by atoms with Gasteiger partial charge in [-0.15, -0.1) is 0 Å². The molecule has 1 saturated heterocycles. The molecule has 0 aliphatic carbocycles. The molecule has 0 saturated carbocycles. The number of imide groups is 2. The summed E-state index contributed by atoms with van der Waals surface area (Å²) in [7, 11) is 1.46. The van der Waals surface area contributed by atoms with Gasteiger partial charge in [-0.1, -0.05) is 0 Å². The molecule has 3 rings (SSSR count). The van der Waals surface area contributed by atoms with Crippen LogP contribution < -0.4 is 20.4 Å². The highest BCUT2D eigenvalue weighted by molar-refractivity contribution is 6.32. The first-order chi connectivity index (χ1) is 14.8. The van der Waals surface area contributed by atoms with Gasteiger partial charge in [0, 0.05) is 23.9 Å². The van der Waals surface area contributed by atoms with Crippen molar-refractivity contribution >= 4 is 41.3 Å². The number of non-ortho nitro benzene ring substituents is 1. The second-order valence-electron chi connectivity index (χ2n) is 6.17. The molecule has 1 heterocycles. The number of nitrogens with zero attached hydrogens (tertiary/aromatic N) is 3. The summed E-state index contributed by atoms with van der Waals surface area (Å²) < 4.78 is 5.03. The molecule has 31 heavy (non-hydrogen) atoms. The number of urea groups is 1. The van der Waals surface area contributed by atoms with E-state index in [1.165, 1.54) is 31.4 Å². The van der Waals surface area contributed by atoms with Crippen LogP contribution in [0.5, 0.6) is 5.75 Å². The van der Waals surface area contributed by atoms with Crippen molar-refractivity contribution in [3.63, 3.8) is 0 Å². The molecule has 2 aromatic carbocycles. The van der Waals surface area contributed by atoms with Crippen LogP contribution in [0.2, 0.25) is 0 Å². The van der Waals surface area contributed by atoms with Gasteiger partial charge in [0.05, 0.1) is 17.7 Å². The Kier molecular flexibility index (Phi) is 6.00. The van der Waals surface area contributed by atoms with E-state index in [1.54, 1.807) is 12.1 Å². The van der Waals surface area contributed by atoms with E-state index >= 15 is 0 Å². The molecule has 1 aliphatic heterocycles. The molecule has 0 radical (unpaired) electrons. The zero-order chi connectivity index (χ0) is 22.5. The van der Waals surface area contributed by atoms with Crippen molar-refractivity contribution in [3.8, 4) is 5.75 Å². The molecule has 12 nitrogen and oxygen atoms in total. The number of benzene rings is 2. The maximum Gasteiger partial charge on any atom is 0.335 e. The van der Waals surface area contributed by atoms with Gasteiger partial charge in [0.25, 0.3) is 17.5 Å². The monoisotopic (exact) mass is 425 g/mol. The molecule has 2 aromatic rings. The van der Waals surface area contributed by atoms with E-state index < -0.39 is 34.6 Å². The van der Waals surface area contributed by atoms with E-state index in [9.17, 15) is 29.3 Å². The lowest BCUT2D eigenvalue weighted by molar-refractivity contribution is -0.384. The molecular formula is C19H15N5O7. The molecule has 158 valence electrons. The molecule has 5 amide bonds. The molecule has 2 N–H and O–H groups in total. The SMILES string of the molecule is COc1ccc(N2C(=O)NC(=O)[C@H](/C=N\NC(=O)c3ccc([N+](=O)[O-])cc3)C2=O)cc1. The first kappa shape index (κ1) is 21.1. The van der Waals surface area contributed by atoms with E-state index in [2.05, 4.69) is 15.8 Å². The van der Waals surface area contributed by atoms with Crippen LogP contribution in [-0.2, 0) is 9.59 Å².